The van der Waals surface area contributed by atoms with E-state index in [1.807, 2.05) is 14.1 Å². The number of amides is 1. The maximum Gasteiger partial charge on any atom is 0.306 e. The van der Waals surface area contributed by atoms with Gasteiger partial charge in [-0.15, -0.1) is 0 Å². The fourth-order valence-electron chi connectivity index (χ4n) is 1.69. The molecule has 0 aliphatic carbocycles. The molecule has 0 aliphatic rings. The molecular weight excluding hydrogens is 262 g/mol. The van der Waals surface area contributed by atoms with Crippen LogP contribution in [0.3, 0.4) is 0 Å². The molecule has 112 valence electrons. The van der Waals surface area contributed by atoms with E-state index in [0.717, 1.165) is 13.0 Å². The predicted molar refractivity (Wildman–Crippen MR) is 74.2 cm³/mol. The summed E-state index contributed by atoms with van der Waals surface area (Å²) in [6.45, 7) is 3.64. The van der Waals surface area contributed by atoms with Crippen molar-refractivity contribution in [2.75, 3.05) is 27.2 Å². The second-order valence-electron chi connectivity index (χ2n) is 5.03. The SMILES string of the molecule is CC(Cn1cc([N+](=O)[O-])cn1)C(=O)NCCCN(C)C. The molecule has 1 amide bonds. The first-order valence-electron chi connectivity index (χ1n) is 6.49. The van der Waals surface area contributed by atoms with E-state index < -0.39 is 4.92 Å². The van der Waals surface area contributed by atoms with Gasteiger partial charge in [0.15, 0.2) is 0 Å². The van der Waals surface area contributed by atoms with Crippen molar-refractivity contribution < 1.29 is 9.72 Å². The highest BCUT2D eigenvalue weighted by atomic mass is 16.6. The number of hydrogen-bond acceptors (Lipinski definition) is 5. The van der Waals surface area contributed by atoms with Gasteiger partial charge in [0.25, 0.3) is 0 Å². The summed E-state index contributed by atoms with van der Waals surface area (Å²) < 4.78 is 1.42. The highest BCUT2D eigenvalue weighted by molar-refractivity contribution is 5.78. The lowest BCUT2D eigenvalue weighted by Gasteiger charge is -2.13. The zero-order chi connectivity index (χ0) is 15.1. The van der Waals surface area contributed by atoms with Crippen molar-refractivity contribution in [3.05, 3.63) is 22.5 Å². The molecule has 1 aromatic rings. The molecule has 0 spiro atoms. The van der Waals surface area contributed by atoms with Crippen LogP contribution in [0.5, 0.6) is 0 Å². The number of nitrogens with one attached hydrogen (secondary N) is 1. The van der Waals surface area contributed by atoms with Crippen molar-refractivity contribution in [1.29, 1.82) is 0 Å². The highest BCUT2D eigenvalue weighted by Crippen LogP contribution is 2.09. The summed E-state index contributed by atoms with van der Waals surface area (Å²) in [5, 5.41) is 17.2. The standard InChI is InChI=1S/C12H21N5O3/c1-10(12(18)13-5-4-6-15(2)3)8-16-9-11(7-14-16)17(19)20/h7,9-10H,4-6,8H2,1-3H3,(H,13,18). The van der Waals surface area contributed by atoms with E-state index in [4.69, 9.17) is 0 Å². The molecular formula is C12H21N5O3. The van der Waals surface area contributed by atoms with Crippen molar-refractivity contribution in [3.8, 4) is 0 Å². The van der Waals surface area contributed by atoms with E-state index in [-0.39, 0.29) is 17.5 Å². The lowest BCUT2D eigenvalue weighted by atomic mass is 10.1. The average Bonchev–Trinajstić information content (AvgIpc) is 2.82. The van der Waals surface area contributed by atoms with Crippen LogP contribution >= 0.6 is 0 Å². The summed E-state index contributed by atoms with van der Waals surface area (Å²) in [5.41, 5.74) is -0.0661. The van der Waals surface area contributed by atoms with Crippen LogP contribution < -0.4 is 5.32 Å². The van der Waals surface area contributed by atoms with E-state index >= 15 is 0 Å². The van der Waals surface area contributed by atoms with E-state index in [0.29, 0.717) is 13.1 Å². The molecule has 1 unspecified atom stereocenters. The van der Waals surface area contributed by atoms with Gasteiger partial charge in [0.1, 0.15) is 12.4 Å². The summed E-state index contributed by atoms with van der Waals surface area (Å²) in [5.74, 6) is -0.351. The molecule has 20 heavy (non-hydrogen) atoms. The quantitative estimate of drug-likeness (QED) is 0.426. The summed E-state index contributed by atoms with van der Waals surface area (Å²) >= 11 is 0. The molecule has 1 rings (SSSR count). The molecule has 8 nitrogen and oxygen atoms in total. The Morgan fingerprint density at radius 2 is 2.30 bits per heavy atom. The van der Waals surface area contributed by atoms with E-state index in [1.54, 1.807) is 6.92 Å². The number of rotatable bonds is 8. The molecule has 0 radical (unpaired) electrons. The Kier molecular flexibility index (Phi) is 6.10. The monoisotopic (exact) mass is 283 g/mol. The number of nitrogens with zero attached hydrogens (tertiary/aromatic N) is 4. The lowest BCUT2D eigenvalue weighted by molar-refractivity contribution is -0.385. The highest BCUT2D eigenvalue weighted by Gasteiger charge is 2.15. The van der Waals surface area contributed by atoms with Gasteiger partial charge in [0, 0.05) is 6.54 Å². The van der Waals surface area contributed by atoms with Crippen molar-refractivity contribution in [3.63, 3.8) is 0 Å². The molecule has 1 heterocycles. The molecule has 1 N–H and O–H groups in total. The summed E-state index contributed by atoms with van der Waals surface area (Å²) in [6, 6.07) is 0. The number of carbonyl (C=O) groups is 1. The van der Waals surface area contributed by atoms with Crippen molar-refractivity contribution in [2.45, 2.75) is 19.9 Å². The fraction of sp³-hybridized carbons (Fsp3) is 0.667. The first-order valence-corrected chi connectivity index (χ1v) is 6.49. The Bertz CT molecular complexity index is 458. The van der Waals surface area contributed by atoms with Crippen LogP contribution in [0.1, 0.15) is 13.3 Å². The Morgan fingerprint density at radius 3 is 2.85 bits per heavy atom. The normalized spacial score (nSPS) is 12.4. The summed E-state index contributed by atoms with van der Waals surface area (Å²) in [7, 11) is 3.96. The second-order valence-corrected chi connectivity index (χ2v) is 5.03. The first-order chi connectivity index (χ1) is 9.40. The van der Waals surface area contributed by atoms with Gasteiger partial charge in [-0.05, 0) is 27.1 Å². The maximum absolute atomic E-state index is 11.8. The zero-order valence-corrected chi connectivity index (χ0v) is 12.1. The Labute approximate surface area is 117 Å². The molecule has 0 aliphatic heterocycles. The van der Waals surface area contributed by atoms with Gasteiger partial charge < -0.3 is 10.2 Å². The topological polar surface area (TPSA) is 93.3 Å². The van der Waals surface area contributed by atoms with Crippen LogP contribution in [0, 0.1) is 16.0 Å². The minimum Gasteiger partial charge on any atom is -0.356 e. The Balaban J connectivity index is 2.35. The third-order valence-corrected chi connectivity index (χ3v) is 2.82. The molecule has 0 aromatic carbocycles. The van der Waals surface area contributed by atoms with Crippen LogP contribution in [0.25, 0.3) is 0 Å². The van der Waals surface area contributed by atoms with Crippen LogP contribution in [-0.4, -0.2) is 52.7 Å². The van der Waals surface area contributed by atoms with Gasteiger partial charge >= 0.3 is 5.69 Å². The van der Waals surface area contributed by atoms with Crippen LogP contribution in [0.15, 0.2) is 12.4 Å². The van der Waals surface area contributed by atoms with Gasteiger partial charge in [-0.2, -0.15) is 5.10 Å². The predicted octanol–water partition coefficient (Wildman–Crippen LogP) is 0.495. The largest absolute Gasteiger partial charge is 0.356 e. The number of aromatic nitrogens is 2. The van der Waals surface area contributed by atoms with E-state index in [9.17, 15) is 14.9 Å². The van der Waals surface area contributed by atoms with Crippen molar-refractivity contribution in [2.24, 2.45) is 5.92 Å². The minimum atomic E-state index is -0.504. The lowest BCUT2D eigenvalue weighted by Crippen LogP contribution is -2.33. The molecule has 0 bridgehead atoms. The molecule has 0 fully saturated rings. The third-order valence-electron chi connectivity index (χ3n) is 2.82. The molecule has 8 heteroatoms. The van der Waals surface area contributed by atoms with Crippen LogP contribution in [0.2, 0.25) is 0 Å². The van der Waals surface area contributed by atoms with E-state index in [1.165, 1.54) is 17.1 Å². The fourth-order valence-corrected chi connectivity index (χ4v) is 1.69. The average molecular weight is 283 g/mol. The van der Waals surface area contributed by atoms with Crippen molar-refractivity contribution >= 4 is 11.6 Å². The van der Waals surface area contributed by atoms with Crippen LogP contribution in [0.4, 0.5) is 5.69 Å². The maximum atomic E-state index is 11.8. The number of carbonyl (C=O) groups excluding carboxylic acids is 1. The molecule has 0 saturated carbocycles. The molecule has 1 atom stereocenters. The Hall–Kier alpha value is -1.96. The van der Waals surface area contributed by atoms with Gasteiger partial charge in [-0.3, -0.25) is 19.6 Å². The van der Waals surface area contributed by atoms with E-state index in [2.05, 4.69) is 15.3 Å². The van der Waals surface area contributed by atoms with Gasteiger partial charge in [0.2, 0.25) is 5.91 Å². The summed E-state index contributed by atoms with van der Waals surface area (Å²) in [6.07, 6.45) is 3.40. The summed E-state index contributed by atoms with van der Waals surface area (Å²) in [4.78, 5) is 23.9. The third kappa shape index (κ3) is 5.35. The van der Waals surface area contributed by atoms with Gasteiger partial charge in [0.05, 0.1) is 17.4 Å². The minimum absolute atomic E-state index is 0.0661. The van der Waals surface area contributed by atoms with Gasteiger partial charge in [-0.25, -0.2) is 0 Å². The molecule has 0 saturated heterocycles. The van der Waals surface area contributed by atoms with Crippen LogP contribution in [-0.2, 0) is 11.3 Å². The zero-order valence-electron chi connectivity index (χ0n) is 12.1. The smallest absolute Gasteiger partial charge is 0.306 e. The second kappa shape index (κ2) is 7.59. The first kappa shape index (κ1) is 16.1. The number of nitro groups is 1. The Morgan fingerprint density at radius 1 is 1.60 bits per heavy atom. The number of hydrogen-bond donors (Lipinski definition) is 1. The van der Waals surface area contributed by atoms with Crippen molar-refractivity contribution in [1.82, 2.24) is 20.0 Å². The molecule has 1 aromatic heterocycles. The van der Waals surface area contributed by atoms with Gasteiger partial charge in [-0.1, -0.05) is 6.92 Å².